The Morgan fingerprint density at radius 2 is 2.00 bits per heavy atom. The fraction of sp³-hybridized carbons (Fsp3) is 0.476. The normalized spacial score (nSPS) is 14.5. The van der Waals surface area contributed by atoms with Crippen molar-refractivity contribution < 1.29 is 4.74 Å². The Balaban J connectivity index is 1.93. The van der Waals surface area contributed by atoms with Crippen molar-refractivity contribution >= 4 is 6.08 Å². The standard InChI is InChI=1S/C21H28N2O/c1-4-16(15-23-13-12-22-21(23)5-2)14-17-10-11-20(24-3)19-9-7-6-8-18(17)19/h10-14H,4-9,15H2,1-3H3/b16-14-. The van der Waals surface area contributed by atoms with E-state index in [9.17, 15) is 0 Å². The number of benzene rings is 1. The van der Waals surface area contributed by atoms with Gasteiger partial charge in [-0.15, -0.1) is 0 Å². The van der Waals surface area contributed by atoms with E-state index in [0.717, 1.165) is 37.4 Å². The highest BCUT2D eigenvalue weighted by atomic mass is 16.5. The van der Waals surface area contributed by atoms with Gasteiger partial charge in [-0.25, -0.2) is 4.98 Å². The summed E-state index contributed by atoms with van der Waals surface area (Å²) < 4.78 is 7.85. The number of aryl methyl sites for hydroxylation is 1. The summed E-state index contributed by atoms with van der Waals surface area (Å²) in [7, 11) is 1.78. The first-order valence-corrected chi connectivity index (χ1v) is 9.15. The SMILES string of the molecule is CC/C(=C/c1ccc(OC)c2c1CCCC2)Cn1ccnc1CC. The molecule has 2 aromatic rings. The molecule has 128 valence electrons. The molecule has 3 nitrogen and oxygen atoms in total. The van der Waals surface area contributed by atoms with Crippen molar-refractivity contribution in [1.29, 1.82) is 0 Å². The van der Waals surface area contributed by atoms with Crippen molar-refractivity contribution in [1.82, 2.24) is 9.55 Å². The zero-order valence-corrected chi connectivity index (χ0v) is 15.1. The number of imidazole rings is 1. The summed E-state index contributed by atoms with van der Waals surface area (Å²) in [6.07, 6.45) is 13.3. The molecule has 0 bridgehead atoms. The van der Waals surface area contributed by atoms with Crippen LogP contribution in [0.15, 0.2) is 30.1 Å². The molecule has 0 spiro atoms. The fourth-order valence-electron chi connectivity index (χ4n) is 3.69. The number of nitrogens with zero attached hydrogens (tertiary/aromatic N) is 2. The molecule has 0 aliphatic heterocycles. The predicted molar refractivity (Wildman–Crippen MR) is 99.5 cm³/mol. The van der Waals surface area contributed by atoms with E-state index in [1.54, 1.807) is 7.11 Å². The van der Waals surface area contributed by atoms with E-state index in [4.69, 9.17) is 4.74 Å². The van der Waals surface area contributed by atoms with Crippen LogP contribution in [0.2, 0.25) is 0 Å². The molecule has 1 aromatic carbocycles. The van der Waals surface area contributed by atoms with Crippen LogP contribution in [0.4, 0.5) is 0 Å². The maximum atomic E-state index is 5.58. The second kappa shape index (κ2) is 7.69. The first kappa shape index (κ1) is 16.8. The first-order valence-electron chi connectivity index (χ1n) is 9.15. The monoisotopic (exact) mass is 324 g/mol. The highest BCUT2D eigenvalue weighted by Crippen LogP contribution is 2.33. The molecule has 0 radical (unpaired) electrons. The van der Waals surface area contributed by atoms with Gasteiger partial charge in [0, 0.05) is 25.4 Å². The topological polar surface area (TPSA) is 27.1 Å². The Kier molecular flexibility index (Phi) is 5.39. The molecule has 3 rings (SSSR count). The van der Waals surface area contributed by atoms with Crippen LogP contribution in [0.3, 0.4) is 0 Å². The van der Waals surface area contributed by atoms with E-state index in [1.165, 1.54) is 41.5 Å². The quantitative estimate of drug-likeness (QED) is 0.761. The molecule has 1 heterocycles. The van der Waals surface area contributed by atoms with Crippen LogP contribution in [0.25, 0.3) is 6.08 Å². The molecule has 1 aliphatic carbocycles. The van der Waals surface area contributed by atoms with Crippen LogP contribution in [-0.2, 0) is 25.8 Å². The predicted octanol–water partition coefficient (Wildman–Crippen LogP) is 4.83. The van der Waals surface area contributed by atoms with E-state index >= 15 is 0 Å². The van der Waals surface area contributed by atoms with Crippen LogP contribution in [-0.4, -0.2) is 16.7 Å². The summed E-state index contributed by atoms with van der Waals surface area (Å²) in [5.41, 5.74) is 5.74. The van der Waals surface area contributed by atoms with Gasteiger partial charge in [0.25, 0.3) is 0 Å². The van der Waals surface area contributed by atoms with Crippen molar-refractivity contribution in [3.8, 4) is 5.75 Å². The van der Waals surface area contributed by atoms with Crippen LogP contribution in [0.1, 0.15) is 55.6 Å². The Labute approximate surface area is 145 Å². The van der Waals surface area contributed by atoms with Gasteiger partial charge in [-0.2, -0.15) is 0 Å². The largest absolute Gasteiger partial charge is 0.496 e. The number of ether oxygens (including phenoxy) is 1. The summed E-state index contributed by atoms with van der Waals surface area (Å²) in [5, 5.41) is 0. The summed E-state index contributed by atoms with van der Waals surface area (Å²) in [6, 6.07) is 4.37. The number of hydrogen-bond acceptors (Lipinski definition) is 2. The third kappa shape index (κ3) is 3.40. The molecule has 0 amide bonds. The van der Waals surface area contributed by atoms with Crippen LogP contribution < -0.4 is 4.74 Å². The molecule has 3 heteroatoms. The van der Waals surface area contributed by atoms with Gasteiger partial charge >= 0.3 is 0 Å². The molecule has 0 unspecified atom stereocenters. The minimum Gasteiger partial charge on any atom is -0.496 e. The lowest BCUT2D eigenvalue weighted by molar-refractivity contribution is 0.406. The third-order valence-corrected chi connectivity index (χ3v) is 5.05. The second-order valence-corrected chi connectivity index (χ2v) is 6.50. The Bertz CT molecular complexity index is 727. The number of aromatic nitrogens is 2. The van der Waals surface area contributed by atoms with Gasteiger partial charge < -0.3 is 9.30 Å². The van der Waals surface area contributed by atoms with Crippen molar-refractivity contribution in [2.45, 2.75) is 58.9 Å². The van der Waals surface area contributed by atoms with Crippen molar-refractivity contribution in [3.05, 3.63) is 52.6 Å². The number of allylic oxidation sites excluding steroid dienone is 1. The lowest BCUT2D eigenvalue weighted by atomic mass is 9.87. The van der Waals surface area contributed by atoms with Crippen LogP contribution >= 0.6 is 0 Å². The molecule has 24 heavy (non-hydrogen) atoms. The van der Waals surface area contributed by atoms with Gasteiger partial charge in [0.15, 0.2) is 0 Å². The maximum absolute atomic E-state index is 5.58. The average Bonchev–Trinajstić information content (AvgIpc) is 3.08. The molecule has 0 fully saturated rings. The average molecular weight is 324 g/mol. The number of methoxy groups -OCH3 is 1. The Hall–Kier alpha value is -2.03. The maximum Gasteiger partial charge on any atom is 0.122 e. The summed E-state index contributed by atoms with van der Waals surface area (Å²) in [6.45, 7) is 5.33. The number of hydrogen-bond donors (Lipinski definition) is 0. The third-order valence-electron chi connectivity index (χ3n) is 5.05. The molecule has 1 aromatic heterocycles. The summed E-state index contributed by atoms with van der Waals surface area (Å²) in [4.78, 5) is 4.44. The Morgan fingerprint density at radius 1 is 1.21 bits per heavy atom. The fourth-order valence-corrected chi connectivity index (χ4v) is 3.69. The van der Waals surface area contributed by atoms with E-state index in [-0.39, 0.29) is 0 Å². The van der Waals surface area contributed by atoms with Crippen molar-refractivity contribution in [2.75, 3.05) is 7.11 Å². The lowest BCUT2D eigenvalue weighted by Gasteiger charge is -2.21. The zero-order valence-electron chi connectivity index (χ0n) is 15.1. The lowest BCUT2D eigenvalue weighted by Crippen LogP contribution is -2.08. The second-order valence-electron chi connectivity index (χ2n) is 6.50. The van der Waals surface area contributed by atoms with E-state index in [1.807, 2.05) is 6.20 Å². The van der Waals surface area contributed by atoms with E-state index in [2.05, 4.69) is 47.8 Å². The molecule has 0 atom stereocenters. The van der Waals surface area contributed by atoms with Crippen LogP contribution in [0, 0.1) is 0 Å². The highest BCUT2D eigenvalue weighted by molar-refractivity contribution is 5.62. The number of rotatable bonds is 6. The molecule has 0 saturated carbocycles. The zero-order chi connectivity index (χ0) is 16.9. The van der Waals surface area contributed by atoms with Crippen molar-refractivity contribution in [2.24, 2.45) is 0 Å². The molecular formula is C21H28N2O. The van der Waals surface area contributed by atoms with E-state index in [0.29, 0.717) is 0 Å². The molecule has 1 aliphatic rings. The summed E-state index contributed by atoms with van der Waals surface area (Å²) >= 11 is 0. The molecule has 0 N–H and O–H groups in total. The van der Waals surface area contributed by atoms with Crippen LogP contribution in [0.5, 0.6) is 5.75 Å². The van der Waals surface area contributed by atoms with Gasteiger partial charge in [0.1, 0.15) is 11.6 Å². The minimum atomic E-state index is 0.931. The highest BCUT2D eigenvalue weighted by Gasteiger charge is 2.17. The minimum absolute atomic E-state index is 0.931. The first-order chi connectivity index (χ1) is 11.8. The van der Waals surface area contributed by atoms with Gasteiger partial charge in [-0.05, 0) is 54.9 Å². The molecule has 0 saturated heterocycles. The molecular weight excluding hydrogens is 296 g/mol. The van der Waals surface area contributed by atoms with E-state index < -0.39 is 0 Å². The van der Waals surface area contributed by atoms with Crippen molar-refractivity contribution in [3.63, 3.8) is 0 Å². The van der Waals surface area contributed by atoms with Gasteiger partial charge in [0.2, 0.25) is 0 Å². The van der Waals surface area contributed by atoms with Gasteiger partial charge in [0.05, 0.1) is 7.11 Å². The van der Waals surface area contributed by atoms with Gasteiger partial charge in [-0.3, -0.25) is 0 Å². The summed E-state index contributed by atoms with van der Waals surface area (Å²) in [5.74, 6) is 2.22. The smallest absolute Gasteiger partial charge is 0.122 e. The Morgan fingerprint density at radius 3 is 2.71 bits per heavy atom. The number of fused-ring (bicyclic) bond motifs is 1. The van der Waals surface area contributed by atoms with Gasteiger partial charge in [-0.1, -0.05) is 31.6 Å².